The Morgan fingerprint density at radius 2 is 1.66 bits per heavy atom. The van der Waals surface area contributed by atoms with Gasteiger partial charge in [-0.2, -0.15) is 4.31 Å². The van der Waals surface area contributed by atoms with Crippen molar-refractivity contribution in [2.75, 3.05) is 25.5 Å². The van der Waals surface area contributed by atoms with Gasteiger partial charge < -0.3 is 10.1 Å². The van der Waals surface area contributed by atoms with Gasteiger partial charge in [-0.15, -0.1) is 0 Å². The number of piperidine rings is 1. The van der Waals surface area contributed by atoms with Crippen molar-refractivity contribution in [2.24, 2.45) is 0 Å². The molecule has 168 valence electrons. The van der Waals surface area contributed by atoms with Gasteiger partial charge in [0.25, 0.3) is 5.91 Å². The number of benzene rings is 2. The minimum absolute atomic E-state index is 0.0511. The van der Waals surface area contributed by atoms with E-state index in [9.17, 15) is 13.2 Å². The van der Waals surface area contributed by atoms with Crippen LogP contribution in [0.4, 0.5) is 5.69 Å². The van der Waals surface area contributed by atoms with Crippen LogP contribution >= 0.6 is 0 Å². The van der Waals surface area contributed by atoms with Crippen LogP contribution in [0.2, 0.25) is 0 Å². The molecule has 2 aromatic carbocycles. The number of sulfonamides is 1. The molecule has 1 saturated heterocycles. The van der Waals surface area contributed by atoms with Crippen LogP contribution in [0.3, 0.4) is 0 Å². The van der Waals surface area contributed by atoms with Gasteiger partial charge in [0.05, 0.1) is 29.5 Å². The summed E-state index contributed by atoms with van der Waals surface area (Å²) < 4.78 is 33.2. The first-order valence-corrected chi connectivity index (χ1v) is 12.0. The summed E-state index contributed by atoms with van der Waals surface area (Å²) >= 11 is 0. The molecule has 4 rings (SSSR count). The number of methoxy groups -OCH3 is 1. The first kappa shape index (κ1) is 22.2. The predicted molar refractivity (Wildman–Crippen MR) is 123 cm³/mol. The Balaban J connectivity index is 1.63. The molecule has 1 aliphatic heterocycles. The number of ether oxygens (including phenoxy) is 1. The molecule has 32 heavy (non-hydrogen) atoms. The smallest absolute Gasteiger partial charge is 0.255 e. The Morgan fingerprint density at radius 1 is 0.969 bits per heavy atom. The topological polar surface area (TPSA) is 101 Å². The van der Waals surface area contributed by atoms with Crippen molar-refractivity contribution in [3.63, 3.8) is 0 Å². The largest absolute Gasteiger partial charge is 0.495 e. The third-order valence-corrected chi connectivity index (χ3v) is 7.61. The van der Waals surface area contributed by atoms with E-state index >= 15 is 0 Å². The van der Waals surface area contributed by atoms with E-state index in [1.54, 1.807) is 30.3 Å². The number of hydrogen-bond acceptors (Lipinski definition) is 6. The summed E-state index contributed by atoms with van der Waals surface area (Å²) in [5.74, 6) is -0.112. The lowest BCUT2D eigenvalue weighted by Crippen LogP contribution is -2.35. The van der Waals surface area contributed by atoms with Crippen LogP contribution in [0.25, 0.3) is 11.0 Å². The van der Waals surface area contributed by atoms with Gasteiger partial charge in [0.15, 0.2) is 0 Å². The summed E-state index contributed by atoms with van der Waals surface area (Å²) in [6, 6.07) is 9.75. The zero-order valence-corrected chi connectivity index (χ0v) is 19.2. The maximum absolute atomic E-state index is 13.2. The second-order valence-electron chi connectivity index (χ2n) is 7.88. The number of nitrogens with zero attached hydrogens (tertiary/aromatic N) is 3. The molecule has 0 saturated carbocycles. The van der Waals surface area contributed by atoms with E-state index in [-0.39, 0.29) is 16.6 Å². The Labute approximate surface area is 187 Å². The van der Waals surface area contributed by atoms with Crippen molar-refractivity contribution >= 4 is 32.7 Å². The van der Waals surface area contributed by atoms with Crippen molar-refractivity contribution in [1.82, 2.24) is 14.3 Å². The zero-order chi connectivity index (χ0) is 22.9. The standard InChI is InChI=1S/C23H26N4O4S/c1-15-16(2)25-20-13-17(7-9-19(20)24-15)23(28)26-18-8-10-21(31-3)22(14-18)32(29,30)27-11-5-4-6-12-27/h7-10,13-14H,4-6,11-12H2,1-3H3,(H,26,28). The predicted octanol–water partition coefficient (Wildman–Crippen LogP) is 3.68. The van der Waals surface area contributed by atoms with Crippen LogP contribution in [0.1, 0.15) is 41.0 Å². The van der Waals surface area contributed by atoms with Gasteiger partial charge in [-0.1, -0.05) is 6.42 Å². The summed E-state index contributed by atoms with van der Waals surface area (Å²) in [7, 11) is -2.29. The summed E-state index contributed by atoms with van der Waals surface area (Å²) in [6.07, 6.45) is 2.69. The van der Waals surface area contributed by atoms with Crippen molar-refractivity contribution in [3.05, 3.63) is 53.3 Å². The first-order chi connectivity index (χ1) is 15.3. The highest BCUT2D eigenvalue weighted by Crippen LogP contribution is 2.31. The molecule has 0 radical (unpaired) electrons. The average molecular weight is 455 g/mol. The fraction of sp³-hybridized carbons (Fsp3) is 0.348. The van der Waals surface area contributed by atoms with E-state index in [4.69, 9.17) is 4.74 Å². The Kier molecular flexibility index (Phi) is 6.12. The monoisotopic (exact) mass is 454 g/mol. The summed E-state index contributed by atoms with van der Waals surface area (Å²) in [4.78, 5) is 21.9. The molecular weight excluding hydrogens is 428 g/mol. The van der Waals surface area contributed by atoms with Crippen molar-refractivity contribution < 1.29 is 17.9 Å². The number of aromatic nitrogens is 2. The minimum Gasteiger partial charge on any atom is -0.495 e. The van der Waals surface area contributed by atoms with Gasteiger partial charge in [-0.3, -0.25) is 4.79 Å². The lowest BCUT2D eigenvalue weighted by atomic mass is 10.1. The number of hydrogen-bond donors (Lipinski definition) is 1. The first-order valence-electron chi connectivity index (χ1n) is 10.5. The Hall–Kier alpha value is -3.04. The third kappa shape index (κ3) is 4.31. The molecule has 1 aliphatic rings. The summed E-state index contributed by atoms with van der Waals surface area (Å²) in [5.41, 5.74) is 3.77. The van der Waals surface area contributed by atoms with Crippen LogP contribution in [0.15, 0.2) is 41.3 Å². The van der Waals surface area contributed by atoms with E-state index in [1.165, 1.54) is 17.5 Å². The molecule has 0 spiro atoms. The molecule has 1 aromatic heterocycles. The molecule has 1 fully saturated rings. The SMILES string of the molecule is COc1ccc(NC(=O)c2ccc3nc(C)c(C)nc3c2)cc1S(=O)(=O)N1CCCCC1. The maximum Gasteiger partial charge on any atom is 0.255 e. The Bertz CT molecular complexity index is 1280. The number of carbonyl (C=O) groups is 1. The molecule has 0 aliphatic carbocycles. The van der Waals surface area contributed by atoms with Gasteiger partial charge >= 0.3 is 0 Å². The normalized spacial score (nSPS) is 15.0. The quantitative estimate of drug-likeness (QED) is 0.631. The molecule has 8 nitrogen and oxygen atoms in total. The molecule has 9 heteroatoms. The van der Waals surface area contributed by atoms with Gasteiger partial charge in [0.2, 0.25) is 10.0 Å². The summed E-state index contributed by atoms with van der Waals surface area (Å²) in [5, 5.41) is 2.79. The minimum atomic E-state index is -3.73. The van der Waals surface area contributed by atoms with Crippen LogP contribution < -0.4 is 10.1 Å². The fourth-order valence-electron chi connectivity index (χ4n) is 3.78. The average Bonchev–Trinajstić information content (AvgIpc) is 2.80. The van der Waals surface area contributed by atoms with Gasteiger partial charge in [-0.05, 0) is 63.1 Å². The number of aryl methyl sites for hydroxylation is 2. The van der Waals surface area contributed by atoms with Crippen molar-refractivity contribution in [3.8, 4) is 5.75 Å². The highest BCUT2D eigenvalue weighted by Gasteiger charge is 2.29. The Morgan fingerprint density at radius 3 is 2.34 bits per heavy atom. The lowest BCUT2D eigenvalue weighted by Gasteiger charge is -2.26. The zero-order valence-electron chi connectivity index (χ0n) is 18.4. The van der Waals surface area contributed by atoms with Crippen LogP contribution in [0.5, 0.6) is 5.75 Å². The molecule has 0 bridgehead atoms. The fourth-order valence-corrected chi connectivity index (χ4v) is 5.47. The molecule has 1 amide bonds. The molecule has 0 atom stereocenters. The highest BCUT2D eigenvalue weighted by molar-refractivity contribution is 7.89. The van der Waals surface area contributed by atoms with Crippen molar-refractivity contribution in [1.29, 1.82) is 0 Å². The van der Waals surface area contributed by atoms with E-state index < -0.39 is 10.0 Å². The van der Waals surface area contributed by atoms with Gasteiger partial charge in [0.1, 0.15) is 10.6 Å². The molecule has 1 N–H and O–H groups in total. The van der Waals surface area contributed by atoms with Crippen LogP contribution in [-0.4, -0.2) is 48.8 Å². The molecule has 2 heterocycles. The number of carbonyl (C=O) groups excluding carboxylic acids is 1. The third-order valence-electron chi connectivity index (χ3n) is 5.69. The number of anilines is 1. The number of nitrogens with one attached hydrogen (secondary N) is 1. The van der Waals surface area contributed by atoms with Crippen LogP contribution in [-0.2, 0) is 10.0 Å². The summed E-state index contributed by atoms with van der Waals surface area (Å²) in [6.45, 7) is 4.73. The van der Waals surface area contributed by atoms with Gasteiger partial charge in [0, 0.05) is 24.3 Å². The van der Waals surface area contributed by atoms with Crippen LogP contribution in [0, 0.1) is 13.8 Å². The van der Waals surface area contributed by atoms with E-state index in [1.807, 2.05) is 13.8 Å². The lowest BCUT2D eigenvalue weighted by molar-refractivity contribution is 0.102. The molecular formula is C23H26N4O4S. The second kappa shape index (κ2) is 8.84. The van der Waals surface area contributed by atoms with Crippen molar-refractivity contribution in [2.45, 2.75) is 38.0 Å². The van der Waals surface area contributed by atoms with Gasteiger partial charge in [-0.25, -0.2) is 18.4 Å². The second-order valence-corrected chi connectivity index (χ2v) is 9.79. The highest BCUT2D eigenvalue weighted by atomic mass is 32.2. The number of amides is 1. The molecule has 3 aromatic rings. The van der Waals surface area contributed by atoms with E-state index in [2.05, 4.69) is 15.3 Å². The maximum atomic E-state index is 13.2. The van der Waals surface area contributed by atoms with E-state index in [0.29, 0.717) is 35.4 Å². The van der Waals surface area contributed by atoms with E-state index in [0.717, 1.165) is 30.7 Å². The molecule has 0 unspecified atom stereocenters. The number of fused-ring (bicyclic) bond motifs is 1. The number of rotatable bonds is 5.